The number of nitrogens with zero attached hydrogens (tertiary/aromatic N) is 1. The van der Waals surface area contributed by atoms with Crippen LogP contribution in [-0.2, 0) is 20.7 Å². The van der Waals surface area contributed by atoms with Gasteiger partial charge in [-0.1, -0.05) is 22.0 Å². The van der Waals surface area contributed by atoms with Crippen molar-refractivity contribution >= 4 is 33.5 Å². The Morgan fingerprint density at radius 3 is 2.48 bits per heavy atom. The fraction of sp³-hybridized carbons (Fsp3) is 0.150. The first-order valence-corrected chi connectivity index (χ1v) is 9.32. The summed E-state index contributed by atoms with van der Waals surface area (Å²) in [4.78, 5) is 27.5. The highest BCUT2D eigenvalue weighted by molar-refractivity contribution is 9.10. The van der Waals surface area contributed by atoms with Crippen molar-refractivity contribution in [2.24, 2.45) is 0 Å². The maximum absolute atomic E-state index is 13.8. The van der Waals surface area contributed by atoms with E-state index in [1.807, 2.05) is 0 Å². The van der Waals surface area contributed by atoms with Crippen molar-refractivity contribution in [1.82, 2.24) is 4.98 Å². The van der Waals surface area contributed by atoms with Gasteiger partial charge in [-0.05, 0) is 36.4 Å². The maximum Gasteiger partial charge on any atom is 0.306 e. The van der Waals surface area contributed by atoms with E-state index in [0.29, 0.717) is 5.69 Å². The van der Waals surface area contributed by atoms with Crippen molar-refractivity contribution in [2.75, 3.05) is 11.9 Å². The van der Waals surface area contributed by atoms with Gasteiger partial charge in [0.1, 0.15) is 11.6 Å². The summed E-state index contributed by atoms with van der Waals surface area (Å²) in [7, 11) is 0. The highest BCUT2D eigenvalue weighted by Crippen LogP contribution is 2.26. The molecule has 1 N–H and O–H groups in total. The van der Waals surface area contributed by atoms with Crippen LogP contribution in [0.5, 0.6) is 0 Å². The summed E-state index contributed by atoms with van der Waals surface area (Å²) in [5.74, 6) is -2.61. The molecule has 0 aliphatic carbocycles. The van der Waals surface area contributed by atoms with Gasteiger partial charge >= 0.3 is 5.97 Å². The fourth-order valence-electron chi connectivity index (χ4n) is 2.43. The average molecular weight is 465 g/mol. The van der Waals surface area contributed by atoms with Gasteiger partial charge in [0.25, 0.3) is 5.91 Å². The number of benzene rings is 2. The highest BCUT2D eigenvalue weighted by atomic mass is 79.9. The van der Waals surface area contributed by atoms with E-state index in [-0.39, 0.29) is 30.1 Å². The second-order valence-corrected chi connectivity index (χ2v) is 6.85. The van der Waals surface area contributed by atoms with Gasteiger partial charge in [-0.3, -0.25) is 9.59 Å². The zero-order chi connectivity index (χ0) is 20.8. The van der Waals surface area contributed by atoms with Crippen LogP contribution in [0.2, 0.25) is 0 Å². The molecule has 0 bridgehead atoms. The van der Waals surface area contributed by atoms with Gasteiger partial charge in [0.15, 0.2) is 18.3 Å². The lowest BCUT2D eigenvalue weighted by atomic mass is 10.1. The third kappa shape index (κ3) is 5.71. The van der Waals surface area contributed by atoms with Gasteiger partial charge in [-0.15, -0.1) is 0 Å². The van der Waals surface area contributed by atoms with Crippen LogP contribution in [0.25, 0.3) is 11.3 Å². The lowest BCUT2D eigenvalue weighted by Gasteiger charge is -2.06. The van der Waals surface area contributed by atoms with E-state index in [1.165, 1.54) is 12.3 Å². The monoisotopic (exact) mass is 464 g/mol. The van der Waals surface area contributed by atoms with Crippen molar-refractivity contribution in [2.45, 2.75) is 12.8 Å². The quantitative estimate of drug-likeness (QED) is 0.520. The maximum atomic E-state index is 13.8. The molecule has 1 amide bonds. The molecule has 0 aliphatic heterocycles. The van der Waals surface area contributed by atoms with Gasteiger partial charge in [0.2, 0.25) is 0 Å². The van der Waals surface area contributed by atoms with E-state index < -0.39 is 30.1 Å². The van der Waals surface area contributed by atoms with Crippen LogP contribution in [0.15, 0.2) is 57.6 Å². The van der Waals surface area contributed by atoms with E-state index in [2.05, 4.69) is 26.2 Å². The van der Waals surface area contributed by atoms with E-state index in [1.54, 1.807) is 24.3 Å². The minimum Gasteiger partial charge on any atom is -0.456 e. The summed E-state index contributed by atoms with van der Waals surface area (Å²) in [5, 5.41) is 2.59. The number of aromatic nitrogens is 1. The zero-order valence-corrected chi connectivity index (χ0v) is 16.5. The van der Waals surface area contributed by atoms with Crippen LogP contribution >= 0.6 is 15.9 Å². The molecule has 0 spiro atoms. The number of halogens is 3. The minimum absolute atomic E-state index is 0.0588. The third-order valence-corrected chi connectivity index (χ3v) is 4.33. The predicted octanol–water partition coefficient (Wildman–Crippen LogP) is 4.50. The summed E-state index contributed by atoms with van der Waals surface area (Å²) in [6.45, 7) is -0.438. The molecule has 0 unspecified atom stereocenters. The molecular formula is C20H15BrF2N2O4. The summed E-state index contributed by atoms with van der Waals surface area (Å²) in [5.41, 5.74) is 0.250. The number of carbonyl (C=O) groups is 2. The molecule has 150 valence electrons. The molecule has 3 aromatic rings. The molecule has 9 heteroatoms. The molecule has 0 fully saturated rings. The SMILES string of the molecule is O=C(COC(=O)CCc1ncc(-c2c(F)cccc2F)o1)Nc1ccc(Br)cc1. The molecule has 0 aliphatic rings. The van der Waals surface area contributed by atoms with Gasteiger partial charge in [0, 0.05) is 16.6 Å². The van der Waals surface area contributed by atoms with Crippen LogP contribution in [0, 0.1) is 11.6 Å². The second-order valence-electron chi connectivity index (χ2n) is 5.93. The Morgan fingerprint density at radius 1 is 1.10 bits per heavy atom. The fourth-order valence-corrected chi connectivity index (χ4v) is 2.70. The van der Waals surface area contributed by atoms with Crippen LogP contribution in [-0.4, -0.2) is 23.5 Å². The van der Waals surface area contributed by atoms with Crippen molar-refractivity contribution in [1.29, 1.82) is 0 Å². The number of aryl methyl sites for hydroxylation is 1. The largest absolute Gasteiger partial charge is 0.456 e. The number of anilines is 1. The normalized spacial score (nSPS) is 10.6. The molecular weight excluding hydrogens is 450 g/mol. The topological polar surface area (TPSA) is 81.4 Å². The molecule has 3 rings (SSSR count). The Bertz CT molecular complexity index is 1000. The van der Waals surface area contributed by atoms with Crippen molar-refractivity contribution in [3.05, 3.63) is 70.7 Å². The van der Waals surface area contributed by atoms with Crippen molar-refractivity contribution < 1.29 is 27.5 Å². The van der Waals surface area contributed by atoms with E-state index in [4.69, 9.17) is 9.15 Å². The standard InChI is InChI=1S/C20H15BrF2N2O4/c21-12-4-6-13(7-5-12)25-17(26)11-28-19(27)9-8-18-24-10-16(29-18)20-14(22)2-1-3-15(20)23/h1-7,10H,8-9,11H2,(H,25,26). The molecule has 0 radical (unpaired) electrons. The zero-order valence-electron chi connectivity index (χ0n) is 15.0. The van der Waals surface area contributed by atoms with Gasteiger partial charge in [0.05, 0.1) is 18.2 Å². The molecule has 0 atom stereocenters. The Balaban J connectivity index is 1.47. The van der Waals surface area contributed by atoms with E-state index in [0.717, 1.165) is 16.6 Å². The number of amides is 1. The van der Waals surface area contributed by atoms with E-state index in [9.17, 15) is 18.4 Å². The van der Waals surface area contributed by atoms with Crippen LogP contribution < -0.4 is 5.32 Å². The number of rotatable bonds is 7. The van der Waals surface area contributed by atoms with Gasteiger partial charge in [-0.25, -0.2) is 13.8 Å². The minimum atomic E-state index is -0.774. The van der Waals surface area contributed by atoms with Crippen molar-refractivity contribution in [3.63, 3.8) is 0 Å². The molecule has 2 aromatic carbocycles. The average Bonchev–Trinajstić information content (AvgIpc) is 3.15. The third-order valence-electron chi connectivity index (χ3n) is 3.80. The molecule has 0 saturated carbocycles. The lowest BCUT2D eigenvalue weighted by Crippen LogP contribution is -2.21. The second kappa shape index (κ2) is 9.42. The smallest absolute Gasteiger partial charge is 0.306 e. The molecule has 1 aromatic heterocycles. The van der Waals surface area contributed by atoms with Crippen LogP contribution in [0.1, 0.15) is 12.3 Å². The van der Waals surface area contributed by atoms with E-state index >= 15 is 0 Å². The Kier molecular flexibility index (Phi) is 6.71. The molecule has 1 heterocycles. The van der Waals surface area contributed by atoms with Crippen molar-refractivity contribution in [3.8, 4) is 11.3 Å². The van der Waals surface area contributed by atoms with Gasteiger partial charge in [-0.2, -0.15) is 0 Å². The molecule has 0 saturated heterocycles. The summed E-state index contributed by atoms with van der Waals surface area (Å²) in [6, 6.07) is 10.4. The summed E-state index contributed by atoms with van der Waals surface area (Å²) in [6.07, 6.45) is 1.14. The number of nitrogens with one attached hydrogen (secondary N) is 1. The van der Waals surface area contributed by atoms with Gasteiger partial charge < -0.3 is 14.5 Å². The first-order chi connectivity index (χ1) is 13.9. The Hall–Kier alpha value is -3.07. The predicted molar refractivity (Wildman–Crippen MR) is 104 cm³/mol. The number of oxazole rings is 1. The lowest BCUT2D eigenvalue weighted by molar-refractivity contribution is -0.147. The van der Waals surface area contributed by atoms with Crippen LogP contribution in [0.4, 0.5) is 14.5 Å². The Morgan fingerprint density at radius 2 is 1.79 bits per heavy atom. The van der Waals surface area contributed by atoms with Crippen LogP contribution in [0.3, 0.4) is 0 Å². The first-order valence-electron chi connectivity index (χ1n) is 8.52. The summed E-state index contributed by atoms with van der Waals surface area (Å²) >= 11 is 3.29. The number of hydrogen-bond acceptors (Lipinski definition) is 5. The molecule has 29 heavy (non-hydrogen) atoms. The summed E-state index contributed by atoms with van der Waals surface area (Å²) < 4.78 is 38.6. The molecule has 6 nitrogen and oxygen atoms in total. The first kappa shape index (κ1) is 20.7. The number of ether oxygens (including phenoxy) is 1. The number of hydrogen-bond donors (Lipinski definition) is 1. The Labute approximate surface area is 173 Å². The highest BCUT2D eigenvalue weighted by Gasteiger charge is 2.16. The number of carbonyl (C=O) groups excluding carboxylic acids is 2. The number of esters is 1.